The van der Waals surface area contributed by atoms with Crippen LogP contribution in [0.25, 0.3) is 10.8 Å². The minimum atomic E-state index is 0.781. The lowest BCUT2D eigenvalue weighted by Crippen LogP contribution is -2.38. The number of aromatic nitrogens is 2. The first-order valence-corrected chi connectivity index (χ1v) is 9.33. The number of guanidine groups is 1. The summed E-state index contributed by atoms with van der Waals surface area (Å²) >= 11 is 0. The molecule has 2 N–H and O–H groups in total. The summed E-state index contributed by atoms with van der Waals surface area (Å²) in [6, 6.07) is 17.0. The number of benzene rings is 2. The topological polar surface area (TPSA) is 54.2 Å². The van der Waals surface area contributed by atoms with Crippen LogP contribution in [0.1, 0.15) is 18.9 Å². The fraction of sp³-hybridized carbons (Fsp3) is 0.333. The van der Waals surface area contributed by atoms with Gasteiger partial charge >= 0.3 is 0 Å². The lowest BCUT2D eigenvalue weighted by molar-refractivity contribution is 0.584. The molecule has 0 aliphatic carbocycles. The first kappa shape index (κ1) is 18.0. The normalized spacial score (nSPS) is 11.7. The number of aliphatic imine (C=N–C) groups is 1. The maximum atomic E-state index is 4.66. The Labute approximate surface area is 155 Å². The fourth-order valence-electron chi connectivity index (χ4n) is 3.02. The van der Waals surface area contributed by atoms with Crippen molar-refractivity contribution < 1.29 is 0 Å². The average Bonchev–Trinajstić information content (AvgIpc) is 3.19. The summed E-state index contributed by atoms with van der Waals surface area (Å²) in [6.07, 6.45) is 5.74. The molecule has 0 radical (unpaired) electrons. The molecule has 0 bridgehead atoms. The molecular formula is C21H27N5. The van der Waals surface area contributed by atoms with E-state index in [0.29, 0.717) is 0 Å². The van der Waals surface area contributed by atoms with Crippen LogP contribution in [0, 0.1) is 0 Å². The first-order chi connectivity index (χ1) is 12.9. The molecule has 0 aliphatic rings. The monoisotopic (exact) mass is 349 g/mol. The van der Waals surface area contributed by atoms with Crippen LogP contribution in [0.5, 0.6) is 0 Å². The lowest BCUT2D eigenvalue weighted by Gasteiger charge is -2.12. The second kappa shape index (κ2) is 9.61. The standard InChI is InChI=1S/C21H27N5/c1-2-22-21(23-13-6-16-26-17-7-14-25-26)24-15-12-19-10-5-9-18-8-3-4-11-20(18)19/h3-5,7-11,14,17H,2,6,12-13,15-16H2,1H3,(H2,22,23,24). The second-order valence-electron chi connectivity index (χ2n) is 6.20. The number of fused-ring (bicyclic) bond motifs is 1. The van der Waals surface area contributed by atoms with Gasteiger partial charge < -0.3 is 10.6 Å². The second-order valence-corrected chi connectivity index (χ2v) is 6.20. The summed E-state index contributed by atoms with van der Waals surface area (Å²) in [5, 5.41) is 13.6. The van der Waals surface area contributed by atoms with Gasteiger partial charge in [0, 0.05) is 38.6 Å². The molecule has 136 valence electrons. The minimum Gasteiger partial charge on any atom is -0.357 e. The Morgan fingerprint density at radius 2 is 1.96 bits per heavy atom. The summed E-state index contributed by atoms with van der Waals surface area (Å²) in [7, 11) is 0. The van der Waals surface area contributed by atoms with Gasteiger partial charge in [0.1, 0.15) is 0 Å². The quantitative estimate of drug-likeness (QED) is 0.373. The molecule has 0 unspecified atom stereocenters. The van der Waals surface area contributed by atoms with Crippen LogP contribution in [0.2, 0.25) is 0 Å². The number of rotatable bonds is 8. The molecule has 5 heteroatoms. The van der Waals surface area contributed by atoms with Crippen molar-refractivity contribution in [3.8, 4) is 0 Å². The molecule has 0 atom stereocenters. The number of hydrogen-bond donors (Lipinski definition) is 2. The molecule has 1 heterocycles. The molecule has 0 saturated carbocycles. The van der Waals surface area contributed by atoms with Gasteiger partial charge in [0.15, 0.2) is 5.96 Å². The van der Waals surface area contributed by atoms with Crippen LogP contribution in [-0.4, -0.2) is 35.4 Å². The zero-order valence-electron chi connectivity index (χ0n) is 15.4. The van der Waals surface area contributed by atoms with E-state index in [1.54, 1.807) is 0 Å². The number of nitrogens with one attached hydrogen (secondary N) is 2. The third-order valence-corrected chi connectivity index (χ3v) is 4.29. The minimum absolute atomic E-state index is 0.781. The molecule has 3 rings (SSSR count). The van der Waals surface area contributed by atoms with Gasteiger partial charge in [0.2, 0.25) is 0 Å². The zero-order valence-corrected chi connectivity index (χ0v) is 15.4. The Bertz CT molecular complexity index is 818. The van der Waals surface area contributed by atoms with E-state index in [0.717, 1.165) is 45.0 Å². The van der Waals surface area contributed by atoms with Gasteiger partial charge in [-0.25, -0.2) is 0 Å². The lowest BCUT2D eigenvalue weighted by atomic mass is 10.0. The van der Waals surface area contributed by atoms with Crippen LogP contribution in [-0.2, 0) is 13.0 Å². The zero-order chi connectivity index (χ0) is 18.0. The molecule has 1 aromatic heterocycles. The highest BCUT2D eigenvalue weighted by atomic mass is 15.3. The molecule has 0 spiro atoms. The Morgan fingerprint density at radius 1 is 1.08 bits per heavy atom. The summed E-state index contributed by atoms with van der Waals surface area (Å²) in [4.78, 5) is 4.66. The maximum absolute atomic E-state index is 4.66. The van der Waals surface area contributed by atoms with Crippen LogP contribution >= 0.6 is 0 Å². The summed E-state index contributed by atoms with van der Waals surface area (Å²) in [5.74, 6) is 0.883. The summed E-state index contributed by atoms with van der Waals surface area (Å²) in [5.41, 5.74) is 1.37. The van der Waals surface area contributed by atoms with Crippen molar-refractivity contribution in [1.29, 1.82) is 0 Å². The Kier molecular flexibility index (Phi) is 6.65. The number of nitrogens with zero attached hydrogens (tertiary/aromatic N) is 3. The Hall–Kier alpha value is -2.82. The highest BCUT2D eigenvalue weighted by Crippen LogP contribution is 2.18. The highest BCUT2D eigenvalue weighted by molar-refractivity contribution is 5.85. The number of aryl methyl sites for hydroxylation is 1. The Morgan fingerprint density at radius 3 is 2.81 bits per heavy atom. The summed E-state index contributed by atoms with van der Waals surface area (Å²) in [6.45, 7) is 5.49. The van der Waals surface area contributed by atoms with Crippen molar-refractivity contribution in [2.45, 2.75) is 26.3 Å². The molecule has 5 nitrogen and oxygen atoms in total. The SMILES string of the molecule is CCNC(=NCCCn1cccn1)NCCc1cccc2ccccc12. The molecule has 0 aliphatic heterocycles. The van der Waals surface area contributed by atoms with Gasteiger partial charge in [-0.15, -0.1) is 0 Å². The molecule has 0 amide bonds. The van der Waals surface area contributed by atoms with E-state index in [9.17, 15) is 0 Å². The van der Waals surface area contributed by atoms with E-state index < -0.39 is 0 Å². The smallest absolute Gasteiger partial charge is 0.191 e. The maximum Gasteiger partial charge on any atom is 0.191 e. The van der Waals surface area contributed by atoms with Crippen LogP contribution in [0.4, 0.5) is 0 Å². The van der Waals surface area contributed by atoms with E-state index in [1.807, 2.05) is 23.1 Å². The van der Waals surface area contributed by atoms with Crippen molar-refractivity contribution in [2.75, 3.05) is 19.6 Å². The first-order valence-electron chi connectivity index (χ1n) is 9.33. The van der Waals surface area contributed by atoms with Gasteiger partial charge in [-0.1, -0.05) is 42.5 Å². The molecule has 0 fully saturated rings. The number of hydrogen-bond acceptors (Lipinski definition) is 2. The van der Waals surface area contributed by atoms with Gasteiger partial charge in [0.05, 0.1) is 0 Å². The largest absolute Gasteiger partial charge is 0.357 e. The van der Waals surface area contributed by atoms with Crippen molar-refractivity contribution in [2.24, 2.45) is 4.99 Å². The molecule has 2 aromatic carbocycles. The molecule has 0 saturated heterocycles. The van der Waals surface area contributed by atoms with Crippen molar-refractivity contribution in [3.63, 3.8) is 0 Å². The van der Waals surface area contributed by atoms with E-state index in [2.05, 4.69) is 70.1 Å². The van der Waals surface area contributed by atoms with Crippen molar-refractivity contribution in [3.05, 3.63) is 66.5 Å². The third kappa shape index (κ3) is 5.09. The average molecular weight is 349 g/mol. The molecule has 3 aromatic rings. The summed E-state index contributed by atoms with van der Waals surface area (Å²) < 4.78 is 1.94. The predicted molar refractivity (Wildman–Crippen MR) is 108 cm³/mol. The van der Waals surface area contributed by atoms with E-state index >= 15 is 0 Å². The van der Waals surface area contributed by atoms with E-state index in [1.165, 1.54) is 16.3 Å². The van der Waals surface area contributed by atoms with E-state index in [-0.39, 0.29) is 0 Å². The van der Waals surface area contributed by atoms with Crippen LogP contribution in [0.15, 0.2) is 65.9 Å². The van der Waals surface area contributed by atoms with Gasteiger partial charge in [-0.3, -0.25) is 9.67 Å². The Balaban J connectivity index is 1.50. The van der Waals surface area contributed by atoms with Gasteiger partial charge in [-0.2, -0.15) is 5.10 Å². The molecule has 26 heavy (non-hydrogen) atoms. The van der Waals surface area contributed by atoms with Crippen LogP contribution in [0.3, 0.4) is 0 Å². The van der Waals surface area contributed by atoms with E-state index in [4.69, 9.17) is 0 Å². The van der Waals surface area contributed by atoms with Gasteiger partial charge in [-0.05, 0) is 42.2 Å². The van der Waals surface area contributed by atoms with Crippen LogP contribution < -0.4 is 10.6 Å². The third-order valence-electron chi connectivity index (χ3n) is 4.29. The van der Waals surface area contributed by atoms with Crippen molar-refractivity contribution >= 4 is 16.7 Å². The predicted octanol–water partition coefficient (Wildman–Crippen LogP) is 3.22. The van der Waals surface area contributed by atoms with Crippen molar-refractivity contribution in [1.82, 2.24) is 20.4 Å². The fourth-order valence-corrected chi connectivity index (χ4v) is 3.02. The molecular weight excluding hydrogens is 322 g/mol. The highest BCUT2D eigenvalue weighted by Gasteiger charge is 2.02. The van der Waals surface area contributed by atoms with Gasteiger partial charge in [0.25, 0.3) is 0 Å².